The van der Waals surface area contributed by atoms with E-state index in [0.717, 1.165) is 13.2 Å². The summed E-state index contributed by atoms with van der Waals surface area (Å²) in [6.07, 6.45) is 4.00. The van der Waals surface area contributed by atoms with Crippen LogP contribution in [0.4, 0.5) is 0 Å². The van der Waals surface area contributed by atoms with Gasteiger partial charge in [0, 0.05) is 19.7 Å². The molecule has 0 aromatic carbocycles. The molecule has 3 heteroatoms. The van der Waals surface area contributed by atoms with Crippen LogP contribution in [-0.2, 0) is 4.74 Å². The van der Waals surface area contributed by atoms with Gasteiger partial charge in [0.05, 0.1) is 6.61 Å². The highest BCUT2D eigenvalue weighted by Crippen LogP contribution is 2.29. The second kappa shape index (κ2) is 6.58. The van der Waals surface area contributed by atoms with Gasteiger partial charge in [-0.3, -0.25) is 0 Å². The Hall–Kier alpha value is -0.120. The number of ether oxygens (including phenoxy) is 1. The molecule has 1 heterocycles. The second-order valence-electron chi connectivity index (χ2n) is 5.76. The molecule has 0 saturated carbocycles. The maximum Gasteiger partial charge on any atom is 0.0628 e. The van der Waals surface area contributed by atoms with Crippen molar-refractivity contribution in [3.05, 3.63) is 0 Å². The summed E-state index contributed by atoms with van der Waals surface area (Å²) in [5, 5.41) is 3.32. The molecule has 0 aliphatic carbocycles. The van der Waals surface area contributed by atoms with Gasteiger partial charge in [-0.15, -0.1) is 0 Å². The van der Waals surface area contributed by atoms with Gasteiger partial charge in [-0.1, -0.05) is 13.8 Å². The van der Waals surface area contributed by atoms with E-state index in [4.69, 9.17) is 4.74 Å². The molecule has 0 amide bonds. The molecule has 0 radical (unpaired) electrons. The van der Waals surface area contributed by atoms with Crippen LogP contribution in [0.2, 0.25) is 0 Å². The van der Waals surface area contributed by atoms with E-state index in [9.17, 15) is 0 Å². The number of rotatable bonds is 5. The Labute approximate surface area is 101 Å². The van der Waals surface area contributed by atoms with Gasteiger partial charge in [0.2, 0.25) is 0 Å². The van der Waals surface area contributed by atoms with E-state index in [1.165, 1.54) is 32.4 Å². The van der Waals surface area contributed by atoms with Gasteiger partial charge < -0.3 is 15.0 Å². The van der Waals surface area contributed by atoms with Crippen LogP contribution >= 0.6 is 0 Å². The van der Waals surface area contributed by atoms with Crippen molar-refractivity contribution in [3.8, 4) is 0 Å². The van der Waals surface area contributed by atoms with Crippen LogP contribution < -0.4 is 5.32 Å². The number of methoxy groups -OCH3 is 1. The molecule has 16 heavy (non-hydrogen) atoms. The molecule has 96 valence electrons. The molecule has 1 atom stereocenters. The Kier molecular flexibility index (Phi) is 5.73. The first-order valence-electron chi connectivity index (χ1n) is 6.46. The third-order valence-corrected chi connectivity index (χ3v) is 3.69. The quantitative estimate of drug-likeness (QED) is 0.775. The fourth-order valence-electron chi connectivity index (χ4n) is 2.40. The summed E-state index contributed by atoms with van der Waals surface area (Å²) in [5.74, 6) is 0. The zero-order chi connectivity index (χ0) is 12.0. The average molecular weight is 228 g/mol. The lowest BCUT2D eigenvalue weighted by molar-refractivity contribution is 0.141. The van der Waals surface area contributed by atoms with Gasteiger partial charge in [0.25, 0.3) is 0 Å². The molecular formula is C13H28N2O. The van der Waals surface area contributed by atoms with Crippen LogP contribution in [0.3, 0.4) is 0 Å². The van der Waals surface area contributed by atoms with Gasteiger partial charge in [-0.2, -0.15) is 0 Å². The first-order chi connectivity index (χ1) is 7.57. The minimum Gasteiger partial charge on any atom is -0.383 e. The fourth-order valence-corrected chi connectivity index (χ4v) is 2.40. The van der Waals surface area contributed by atoms with Gasteiger partial charge in [-0.05, 0) is 44.8 Å². The third kappa shape index (κ3) is 4.81. The maximum absolute atomic E-state index is 5.22. The molecule has 1 aliphatic rings. The van der Waals surface area contributed by atoms with Crippen LogP contribution in [0, 0.1) is 5.41 Å². The van der Waals surface area contributed by atoms with E-state index in [0.29, 0.717) is 11.5 Å². The molecule has 0 spiro atoms. The van der Waals surface area contributed by atoms with E-state index in [1.807, 2.05) is 7.05 Å². The number of hydrogen-bond donors (Lipinski definition) is 1. The van der Waals surface area contributed by atoms with Crippen LogP contribution in [0.1, 0.15) is 33.1 Å². The van der Waals surface area contributed by atoms with Gasteiger partial charge in [-0.25, -0.2) is 0 Å². The topological polar surface area (TPSA) is 24.5 Å². The van der Waals surface area contributed by atoms with Gasteiger partial charge in [0.15, 0.2) is 0 Å². The number of hydrogen-bond acceptors (Lipinski definition) is 3. The van der Waals surface area contributed by atoms with E-state index in [1.54, 1.807) is 7.11 Å². The first kappa shape index (κ1) is 13.9. The molecule has 0 aromatic heterocycles. The van der Waals surface area contributed by atoms with Crippen molar-refractivity contribution in [1.82, 2.24) is 10.2 Å². The fraction of sp³-hybridized carbons (Fsp3) is 1.00. The normalized spacial score (nSPS) is 24.0. The van der Waals surface area contributed by atoms with Crippen molar-refractivity contribution < 1.29 is 4.74 Å². The highest BCUT2D eigenvalue weighted by Gasteiger charge is 2.23. The molecule has 1 aliphatic heterocycles. The molecule has 3 nitrogen and oxygen atoms in total. The smallest absolute Gasteiger partial charge is 0.0628 e. The predicted octanol–water partition coefficient (Wildman–Crippen LogP) is 1.73. The highest BCUT2D eigenvalue weighted by molar-refractivity contribution is 4.78. The number of nitrogens with one attached hydrogen (secondary N) is 1. The lowest BCUT2D eigenvalue weighted by Crippen LogP contribution is -2.42. The van der Waals surface area contributed by atoms with Crippen LogP contribution in [0.15, 0.2) is 0 Å². The molecular weight excluding hydrogens is 200 g/mol. The summed E-state index contributed by atoms with van der Waals surface area (Å²) in [4.78, 5) is 2.58. The Morgan fingerprint density at radius 2 is 2.06 bits per heavy atom. The standard InChI is InChI=1S/C13H28N2O/c1-13(2)6-5-8-15(9-7-13)10-12(14-3)11-16-4/h12,14H,5-11H2,1-4H3. The van der Waals surface area contributed by atoms with Crippen molar-refractivity contribution >= 4 is 0 Å². The largest absolute Gasteiger partial charge is 0.383 e. The Bertz CT molecular complexity index is 194. The van der Waals surface area contributed by atoms with Crippen LogP contribution in [0.5, 0.6) is 0 Å². The molecule has 1 fully saturated rings. The molecule has 1 rings (SSSR count). The van der Waals surface area contributed by atoms with Crippen molar-refractivity contribution in [3.63, 3.8) is 0 Å². The summed E-state index contributed by atoms with van der Waals surface area (Å²) in [6, 6.07) is 0.464. The van der Waals surface area contributed by atoms with Crippen molar-refractivity contribution in [1.29, 1.82) is 0 Å². The zero-order valence-electron chi connectivity index (χ0n) is 11.4. The summed E-state index contributed by atoms with van der Waals surface area (Å²) in [7, 11) is 3.79. The highest BCUT2D eigenvalue weighted by atomic mass is 16.5. The summed E-state index contributed by atoms with van der Waals surface area (Å²) in [6.45, 7) is 9.17. The summed E-state index contributed by atoms with van der Waals surface area (Å²) < 4.78 is 5.22. The second-order valence-corrected chi connectivity index (χ2v) is 5.76. The SMILES string of the molecule is CNC(COC)CN1CCCC(C)(C)CC1. The first-order valence-corrected chi connectivity index (χ1v) is 6.46. The van der Waals surface area contributed by atoms with E-state index in [2.05, 4.69) is 24.1 Å². The van der Waals surface area contributed by atoms with Gasteiger partial charge in [0.1, 0.15) is 0 Å². The molecule has 0 aromatic rings. The third-order valence-electron chi connectivity index (χ3n) is 3.69. The van der Waals surface area contributed by atoms with E-state index in [-0.39, 0.29) is 0 Å². The Balaban J connectivity index is 2.36. The number of nitrogens with zero attached hydrogens (tertiary/aromatic N) is 1. The predicted molar refractivity (Wildman–Crippen MR) is 68.8 cm³/mol. The van der Waals surface area contributed by atoms with Gasteiger partial charge >= 0.3 is 0 Å². The maximum atomic E-state index is 5.22. The average Bonchev–Trinajstić information content (AvgIpc) is 2.40. The molecule has 0 bridgehead atoms. The lowest BCUT2D eigenvalue weighted by Gasteiger charge is -2.26. The van der Waals surface area contributed by atoms with Crippen molar-refractivity contribution in [2.45, 2.75) is 39.2 Å². The van der Waals surface area contributed by atoms with Crippen LogP contribution in [-0.4, -0.2) is 51.3 Å². The molecule has 1 saturated heterocycles. The van der Waals surface area contributed by atoms with Crippen molar-refractivity contribution in [2.75, 3.05) is 40.4 Å². The summed E-state index contributed by atoms with van der Waals surface area (Å²) >= 11 is 0. The minimum atomic E-state index is 0.464. The summed E-state index contributed by atoms with van der Waals surface area (Å²) in [5.41, 5.74) is 0.533. The number of likely N-dealkylation sites (N-methyl/N-ethyl adjacent to an activating group) is 1. The zero-order valence-corrected chi connectivity index (χ0v) is 11.4. The minimum absolute atomic E-state index is 0.464. The number of likely N-dealkylation sites (tertiary alicyclic amines) is 1. The monoisotopic (exact) mass is 228 g/mol. The van der Waals surface area contributed by atoms with Crippen LogP contribution in [0.25, 0.3) is 0 Å². The Morgan fingerprint density at radius 1 is 1.31 bits per heavy atom. The molecule has 1 unspecified atom stereocenters. The Morgan fingerprint density at radius 3 is 2.69 bits per heavy atom. The lowest BCUT2D eigenvalue weighted by atomic mass is 9.85. The van der Waals surface area contributed by atoms with E-state index < -0.39 is 0 Å². The van der Waals surface area contributed by atoms with Crippen molar-refractivity contribution in [2.24, 2.45) is 5.41 Å². The molecule has 1 N–H and O–H groups in total. The van der Waals surface area contributed by atoms with E-state index >= 15 is 0 Å².